The number of hydrogen-bond acceptors (Lipinski definition) is 5. The van der Waals surface area contributed by atoms with Crippen LogP contribution in [-0.2, 0) is 0 Å². The maximum atomic E-state index is 4.35. The summed E-state index contributed by atoms with van der Waals surface area (Å²) in [5.41, 5.74) is 1.75. The van der Waals surface area contributed by atoms with Crippen molar-refractivity contribution in [2.24, 2.45) is 10.1 Å². The summed E-state index contributed by atoms with van der Waals surface area (Å²) in [6, 6.07) is 11.5. The van der Waals surface area contributed by atoms with E-state index in [2.05, 4.69) is 20.1 Å². The van der Waals surface area contributed by atoms with Crippen molar-refractivity contribution in [2.45, 2.75) is 6.42 Å². The lowest BCUT2D eigenvalue weighted by molar-refractivity contribution is 0.353. The first-order valence-electron chi connectivity index (χ1n) is 6.91. The molecule has 0 aliphatic heterocycles. The predicted octanol–water partition coefficient (Wildman–Crippen LogP) is 2.25. The molecule has 0 atom stereocenters. The Bertz CT molecular complexity index is 566. The van der Waals surface area contributed by atoms with Gasteiger partial charge in [0.1, 0.15) is 0 Å². The fourth-order valence-electron chi connectivity index (χ4n) is 1.67. The van der Waals surface area contributed by atoms with Crippen LogP contribution in [0.2, 0.25) is 0 Å². The third-order valence-corrected chi connectivity index (χ3v) is 2.76. The van der Waals surface area contributed by atoms with Gasteiger partial charge < -0.3 is 0 Å². The van der Waals surface area contributed by atoms with Gasteiger partial charge in [-0.1, -0.05) is 12.1 Å². The number of hydrazone groups is 1. The fourth-order valence-corrected chi connectivity index (χ4v) is 1.67. The Balaban J connectivity index is 1.66. The van der Waals surface area contributed by atoms with Crippen LogP contribution in [0, 0.1) is 0 Å². The molecule has 2 rings (SSSR count). The topological polar surface area (TPSA) is 53.7 Å². The highest BCUT2D eigenvalue weighted by Crippen LogP contribution is 1.93. The first-order valence-corrected chi connectivity index (χ1v) is 6.91. The molecule has 0 amide bonds. The molecule has 108 valence electrons. The van der Waals surface area contributed by atoms with Crippen molar-refractivity contribution in [3.63, 3.8) is 0 Å². The summed E-state index contributed by atoms with van der Waals surface area (Å²) in [4.78, 5) is 12.7. The van der Waals surface area contributed by atoms with E-state index >= 15 is 0 Å². The van der Waals surface area contributed by atoms with E-state index in [1.165, 1.54) is 0 Å². The number of hydrogen-bond donors (Lipinski definition) is 0. The Morgan fingerprint density at radius 2 is 1.67 bits per heavy atom. The van der Waals surface area contributed by atoms with Gasteiger partial charge in [-0.15, -0.1) is 0 Å². The molecule has 2 heterocycles. The largest absolute Gasteiger partial charge is 0.300 e. The Labute approximate surface area is 125 Å². The smallest absolute Gasteiger partial charge is 0.0830 e. The van der Waals surface area contributed by atoms with Gasteiger partial charge in [0.15, 0.2) is 0 Å². The van der Waals surface area contributed by atoms with Crippen LogP contribution in [0.25, 0.3) is 0 Å². The molecule has 0 saturated carbocycles. The highest BCUT2D eigenvalue weighted by Gasteiger charge is 1.93. The fraction of sp³-hybridized carbons (Fsp3) is 0.250. The van der Waals surface area contributed by atoms with Crippen LogP contribution < -0.4 is 0 Å². The third-order valence-electron chi connectivity index (χ3n) is 2.76. The van der Waals surface area contributed by atoms with E-state index in [9.17, 15) is 0 Å². The van der Waals surface area contributed by atoms with Gasteiger partial charge in [-0.3, -0.25) is 20.0 Å². The van der Waals surface area contributed by atoms with Gasteiger partial charge in [0.25, 0.3) is 0 Å². The molecule has 0 saturated heterocycles. The Morgan fingerprint density at radius 3 is 2.29 bits per heavy atom. The van der Waals surface area contributed by atoms with Crippen molar-refractivity contribution < 1.29 is 0 Å². The average molecular weight is 281 g/mol. The number of aromatic nitrogens is 2. The van der Waals surface area contributed by atoms with Crippen molar-refractivity contribution in [1.29, 1.82) is 0 Å². The summed E-state index contributed by atoms with van der Waals surface area (Å²) in [6.07, 6.45) is 8.03. The summed E-state index contributed by atoms with van der Waals surface area (Å²) < 4.78 is 0. The summed E-state index contributed by atoms with van der Waals surface area (Å²) in [6.45, 7) is 1.61. The molecule has 0 radical (unpaired) electrons. The van der Waals surface area contributed by atoms with Crippen molar-refractivity contribution in [2.75, 3.05) is 20.1 Å². The number of pyridine rings is 2. The first kappa shape index (κ1) is 14.8. The van der Waals surface area contributed by atoms with Crippen LogP contribution in [0.1, 0.15) is 17.8 Å². The van der Waals surface area contributed by atoms with E-state index in [0.717, 1.165) is 30.9 Å². The SMILES string of the molecule is CN(CCCN=Cc1ccccn1)/N=C/c1ccccn1. The predicted molar refractivity (Wildman–Crippen MR) is 85.8 cm³/mol. The molecule has 0 aromatic carbocycles. The molecular formula is C16H19N5. The molecule has 2 aromatic rings. The number of nitrogens with zero attached hydrogens (tertiary/aromatic N) is 5. The van der Waals surface area contributed by atoms with Gasteiger partial charge in [-0.2, -0.15) is 5.10 Å². The van der Waals surface area contributed by atoms with Crippen LogP contribution in [0.15, 0.2) is 58.9 Å². The zero-order valence-electron chi connectivity index (χ0n) is 12.1. The summed E-state index contributed by atoms with van der Waals surface area (Å²) >= 11 is 0. The van der Waals surface area contributed by atoms with Gasteiger partial charge in [-0.05, 0) is 30.7 Å². The van der Waals surface area contributed by atoms with Gasteiger partial charge in [0.05, 0.1) is 17.6 Å². The molecule has 0 fully saturated rings. The molecule has 5 heteroatoms. The molecule has 0 spiro atoms. The van der Waals surface area contributed by atoms with E-state index in [1.807, 2.05) is 48.5 Å². The summed E-state index contributed by atoms with van der Waals surface area (Å²) in [7, 11) is 1.95. The van der Waals surface area contributed by atoms with E-state index in [0.29, 0.717) is 0 Å². The zero-order chi connectivity index (χ0) is 14.8. The minimum atomic E-state index is 0.764. The number of aliphatic imine (C=N–C) groups is 1. The van der Waals surface area contributed by atoms with E-state index in [1.54, 1.807) is 24.8 Å². The highest BCUT2D eigenvalue weighted by molar-refractivity contribution is 5.76. The van der Waals surface area contributed by atoms with Crippen molar-refractivity contribution in [3.8, 4) is 0 Å². The Kier molecular flexibility index (Phi) is 6.06. The van der Waals surface area contributed by atoms with Gasteiger partial charge >= 0.3 is 0 Å². The maximum absolute atomic E-state index is 4.35. The zero-order valence-corrected chi connectivity index (χ0v) is 12.1. The van der Waals surface area contributed by atoms with Gasteiger partial charge in [-0.25, -0.2) is 0 Å². The molecule has 0 unspecified atom stereocenters. The van der Waals surface area contributed by atoms with Gasteiger partial charge in [0.2, 0.25) is 0 Å². The lowest BCUT2D eigenvalue weighted by Gasteiger charge is -2.10. The summed E-state index contributed by atoms with van der Waals surface area (Å²) in [5, 5.41) is 6.23. The average Bonchev–Trinajstić information content (AvgIpc) is 2.54. The van der Waals surface area contributed by atoms with Crippen LogP contribution in [0.4, 0.5) is 0 Å². The second-order valence-corrected chi connectivity index (χ2v) is 4.52. The lowest BCUT2D eigenvalue weighted by atomic mass is 10.4. The normalized spacial score (nSPS) is 11.3. The molecule has 0 aliphatic rings. The Hall–Kier alpha value is -2.56. The molecule has 21 heavy (non-hydrogen) atoms. The molecular weight excluding hydrogens is 262 g/mol. The van der Waals surface area contributed by atoms with Crippen LogP contribution in [-0.4, -0.2) is 47.5 Å². The van der Waals surface area contributed by atoms with E-state index < -0.39 is 0 Å². The molecule has 5 nitrogen and oxygen atoms in total. The minimum absolute atomic E-state index is 0.764. The third kappa shape index (κ3) is 5.95. The van der Waals surface area contributed by atoms with Crippen molar-refractivity contribution in [1.82, 2.24) is 15.0 Å². The van der Waals surface area contributed by atoms with Crippen LogP contribution >= 0.6 is 0 Å². The summed E-state index contributed by atoms with van der Waals surface area (Å²) in [5.74, 6) is 0. The molecule has 0 bridgehead atoms. The van der Waals surface area contributed by atoms with Gasteiger partial charge in [0, 0.05) is 38.7 Å². The van der Waals surface area contributed by atoms with Crippen LogP contribution in [0.3, 0.4) is 0 Å². The minimum Gasteiger partial charge on any atom is -0.300 e. The quantitative estimate of drug-likeness (QED) is 0.444. The maximum Gasteiger partial charge on any atom is 0.0830 e. The van der Waals surface area contributed by atoms with E-state index in [-0.39, 0.29) is 0 Å². The van der Waals surface area contributed by atoms with E-state index in [4.69, 9.17) is 0 Å². The highest BCUT2D eigenvalue weighted by atomic mass is 15.4. The second kappa shape index (κ2) is 8.58. The molecule has 0 N–H and O–H groups in total. The monoisotopic (exact) mass is 281 g/mol. The lowest BCUT2D eigenvalue weighted by Crippen LogP contribution is -2.14. The van der Waals surface area contributed by atoms with Crippen LogP contribution in [0.5, 0.6) is 0 Å². The second-order valence-electron chi connectivity index (χ2n) is 4.52. The first-order chi connectivity index (χ1) is 10.3. The molecule has 2 aromatic heterocycles. The standard InChI is InChI=1S/C16H19N5/c1-21(20-14-16-8-3-5-11-19-16)12-6-9-17-13-15-7-2-4-10-18-15/h2-5,7-8,10-11,13-14H,6,9,12H2,1H3/b17-13?,20-14+. The molecule has 0 aliphatic carbocycles. The van der Waals surface area contributed by atoms with Crippen molar-refractivity contribution in [3.05, 3.63) is 60.2 Å². The van der Waals surface area contributed by atoms with Crippen molar-refractivity contribution >= 4 is 12.4 Å². The number of rotatable bonds is 7. The Morgan fingerprint density at radius 1 is 1.00 bits per heavy atom.